The fourth-order valence-electron chi connectivity index (χ4n) is 4.15. The van der Waals surface area contributed by atoms with E-state index in [1.807, 2.05) is 32.0 Å². The third kappa shape index (κ3) is 5.60. The summed E-state index contributed by atoms with van der Waals surface area (Å²) in [4.78, 5) is 19.9. The van der Waals surface area contributed by atoms with Gasteiger partial charge in [0.1, 0.15) is 12.3 Å². The van der Waals surface area contributed by atoms with Gasteiger partial charge in [0.15, 0.2) is 10.8 Å². The highest BCUT2D eigenvalue weighted by Gasteiger charge is 2.27. The molecule has 12 heteroatoms. The van der Waals surface area contributed by atoms with Crippen LogP contribution in [0.3, 0.4) is 0 Å². The number of nitrogens with one attached hydrogen (secondary N) is 1. The molecule has 1 aliphatic carbocycles. The summed E-state index contributed by atoms with van der Waals surface area (Å²) in [5.41, 5.74) is 1.40. The van der Waals surface area contributed by atoms with Crippen molar-refractivity contribution in [3.05, 3.63) is 30.3 Å². The molecule has 1 aliphatic rings. The first-order valence-electron chi connectivity index (χ1n) is 12.2. The zero-order chi connectivity index (χ0) is 25.1. The van der Waals surface area contributed by atoms with E-state index in [9.17, 15) is 9.18 Å². The van der Waals surface area contributed by atoms with E-state index in [2.05, 4.69) is 30.5 Å². The van der Waals surface area contributed by atoms with Crippen LogP contribution in [0.1, 0.15) is 39.5 Å². The molecule has 1 amide bonds. The van der Waals surface area contributed by atoms with Crippen LogP contribution in [0.4, 0.5) is 9.52 Å². The first-order valence-corrected chi connectivity index (χ1v) is 13.8. The highest BCUT2D eigenvalue weighted by Crippen LogP contribution is 2.33. The number of carbonyl (C=O) groups is 1. The number of aromatic nitrogens is 5. The van der Waals surface area contributed by atoms with Crippen LogP contribution in [-0.2, 0) is 4.79 Å². The van der Waals surface area contributed by atoms with Gasteiger partial charge in [-0.05, 0) is 68.4 Å². The van der Waals surface area contributed by atoms with E-state index in [1.54, 1.807) is 16.6 Å². The summed E-state index contributed by atoms with van der Waals surface area (Å²) in [5.74, 6) is 0.292. The quantitative estimate of drug-likeness (QED) is 0.329. The maximum atomic E-state index is 14.2. The topological polar surface area (TPSA) is 97.5 Å². The van der Waals surface area contributed by atoms with Crippen LogP contribution in [0.5, 0.6) is 5.88 Å². The molecule has 0 saturated heterocycles. The molecule has 0 spiro atoms. The Kier molecular flexibility index (Phi) is 7.63. The second-order valence-electron chi connectivity index (χ2n) is 8.64. The molecule has 0 unspecified atom stereocenters. The van der Waals surface area contributed by atoms with Crippen molar-refractivity contribution in [3.8, 4) is 5.88 Å². The molecule has 2 atom stereocenters. The summed E-state index contributed by atoms with van der Waals surface area (Å²) in [6.07, 6.45) is 1.64. The van der Waals surface area contributed by atoms with E-state index in [4.69, 9.17) is 4.74 Å². The van der Waals surface area contributed by atoms with Crippen LogP contribution >= 0.6 is 23.1 Å². The number of amides is 1. The van der Waals surface area contributed by atoms with Gasteiger partial charge in [0, 0.05) is 11.0 Å². The predicted octanol–water partition coefficient (Wildman–Crippen LogP) is 4.83. The van der Waals surface area contributed by atoms with Crippen LogP contribution < -0.4 is 10.1 Å². The SMILES string of the molecule is CCN(CC)CC(=O)Nc1nc2ccc(Sc3nnc4ccc(O[C@@H]5CCCC[C@H]5F)nn34)cc2s1. The number of nitrogens with zero attached hydrogens (tertiary/aromatic N) is 6. The number of likely N-dealkylation sites (N-methyl/N-ethyl adjacent to an activating group) is 1. The van der Waals surface area contributed by atoms with Gasteiger partial charge in [0.2, 0.25) is 16.9 Å². The number of hydrogen-bond acceptors (Lipinski definition) is 9. The molecule has 190 valence electrons. The van der Waals surface area contributed by atoms with Crippen molar-refractivity contribution in [2.45, 2.75) is 61.9 Å². The monoisotopic (exact) mass is 529 g/mol. The number of thiazole rings is 1. The molecule has 0 aliphatic heterocycles. The molecule has 9 nitrogen and oxygen atoms in total. The molecule has 4 aromatic rings. The third-order valence-corrected chi connectivity index (χ3v) is 8.04. The molecule has 3 aromatic heterocycles. The van der Waals surface area contributed by atoms with Crippen LogP contribution in [0.25, 0.3) is 15.9 Å². The Morgan fingerprint density at radius 1 is 1.22 bits per heavy atom. The van der Waals surface area contributed by atoms with Crippen molar-refractivity contribution >= 4 is 50.0 Å². The highest BCUT2D eigenvalue weighted by molar-refractivity contribution is 7.99. The molecule has 1 fully saturated rings. The summed E-state index contributed by atoms with van der Waals surface area (Å²) >= 11 is 2.84. The first-order chi connectivity index (χ1) is 17.5. The molecule has 1 N–H and O–H groups in total. The molecular formula is C24H28FN7O2S2. The minimum Gasteiger partial charge on any atom is -0.470 e. The summed E-state index contributed by atoms with van der Waals surface area (Å²) in [6, 6.07) is 9.36. The van der Waals surface area contributed by atoms with Crippen LogP contribution in [0.15, 0.2) is 40.4 Å². The Hall–Kier alpha value is -2.83. The van der Waals surface area contributed by atoms with E-state index >= 15 is 0 Å². The van der Waals surface area contributed by atoms with Crippen molar-refractivity contribution in [2.75, 3.05) is 25.0 Å². The molecule has 3 heterocycles. The summed E-state index contributed by atoms with van der Waals surface area (Å²) in [5, 5.41) is 17.0. The molecular weight excluding hydrogens is 501 g/mol. The first kappa shape index (κ1) is 24.8. The van der Waals surface area contributed by atoms with Gasteiger partial charge >= 0.3 is 0 Å². The van der Waals surface area contributed by atoms with Gasteiger partial charge in [-0.15, -0.1) is 15.3 Å². The Balaban J connectivity index is 1.30. The van der Waals surface area contributed by atoms with Gasteiger partial charge in [-0.1, -0.05) is 31.6 Å². The van der Waals surface area contributed by atoms with Gasteiger partial charge in [0.25, 0.3) is 0 Å². The van der Waals surface area contributed by atoms with E-state index in [0.717, 1.165) is 41.0 Å². The van der Waals surface area contributed by atoms with Gasteiger partial charge < -0.3 is 10.1 Å². The van der Waals surface area contributed by atoms with Gasteiger partial charge in [0.05, 0.1) is 16.8 Å². The standard InChI is InChI=1S/C24H28FN7O2S2/c1-3-31(4-2)14-21(33)27-23-26-17-10-9-15(13-19(17)36-23)35-24-29-28-20-11-12-22(30-32(20)24)34-18-8-6-5-7-16(18)25/h9-13,16,18H,3-8,14H2,1-2H3,(H,26,27,33)/t16-,18-/m1/s1. The molecule has 36 heavy (non-hydrogen) atoms. The Labute approximate surface area is 216 Å². The van der Waals surface area contributed by atoms with E-state index < -0.39 is 12.3 Å². The van der Waals surface area contributed by atoms with Crippen molar-refractivity contribution < 1.29 is 13.9 Å². The van der Waals surface area contributed by atoms with Crippen LogP contribution in [0.2, 0.25) is 0 Å². The maximum absolute atomic E-state index is 14.2. The minimum atomic E-state index is -0.968. The minimum absolute atomic E-state index is 0.0707. The normalized spacial score (nSPS) is 18.2. The molecule has 1 aromatic carbocycles. The van der Waals surface area contributed by atoms with E-state index in [-0.39, 0.29) is 5.91 Å². The van der Waals surface area contributed by atoms with E-state index in [0.29, 0.717) is 41.2 Å². The smallest absolute Gasteiger partial charge is 0.240 e. The Morgan fingerprint density at radius 2 is 2.06 bits per heavy atom. The molecule has 5 rings (SSSR count). The highest BCUT2D eigenvalue weighted by atomic mass is 32.2. The zero-order valence-electron chi connectivity index (χ0n) is 20.2. The fraction of sp³-hybridized carbons (Fsp3) is 0.458. The number of halogens is 1. The van der Waals surface area contributed by atoms with Crippen molar-refractivity contribution in [1.29, 1.82) is 0 Å². The lowest BCUT2D eigenvalue weighted by Crippen LogP contribution is -2.32. The van der Waals surface area contributed by atoms with Gasteiger partial charge in [-0.2, -0.15) is 4.52 Å². The molecule has 0 radical (unpaired) electrons. The number of alkyl halides is 1. The zero-order valence-corrected chi connectivity index (χ0v) is 21.8. The number of carbonyl (C=O) groups excluding carboxylic acids is 1. The Morgan fingerprint density at radius 3 is 2.86 bits per heavy atom. The summed E-state index contributed by atoms with van der Waals surface area (Å²) in [6.45, 7) is 6.05. The number of benzene rings is 1. The second-order valence-corrected chi connectivity index (χ2v) is 10.7. The number of ether oxygens (including phenoxy) is 1. The Bertz CT molecular complexity index is 1360. The average Bonchev–Trinajstić information content (AvgIpc) is 3.46. The van der Waals surface area contributed by atoms with Gasteiger partial charge in [-0.25, -0.2) is 9.37 Å². The second kappa shape index (κ2) is 11.1. The summed E-state index contributed by atoms with van der Waals surface area (Å²) in [7, 11) is 0. The number of rotatable bonds is 9. The number of fused-ring (bicyclic) bond motifs is 2. The van der Waals surface area contributed by atoms with E-state index in [1.165, 1.54) is 23.1 Å². The lowest BCUT2D eigenvalue weighted by Gasteiger charge is -2.25. The maximum Gasteiger partial charge on any atom is 0.240 e. The average molecular weight is 530 g/mol. The summed E-state index contributed by atoms with van der Waals surface area (Å²) < 4.78 is 22.7. The van der Waals surface area contributed by atoms with Crippen molar-refractivity contribution in [1.82, 2.24) is 29.7 Å². The lowest BCUT2D eigenvalue weighted by molar-refractivity contribution is -0.117. The van der Waals surface area contributed by atoms with Crippen molar-refractivity contribution in [3.63, 3.8) is 0 Å². The van der Waals surface area contributed by atoms with Crippen LogP contribution in [-0.4, -0.2) is 67.5 Å². The van der Waals surface area contributed by atoms with Crippen molar-refractivity contribution in [2.24, 2.45) is 0 Å². The third-order valence-electron chi connectivity index (χ3n) is 6.18. The van der Waals surface area contributed by atoms with Gasteiger partial charge in [-0.3, -0.25) is 9.69 Å². The molecule has 0 bridgehead atoms. The number of anilines is 1. The largest absolute Gasteiger partial charge is 0.470 e. The lowest BCUT2D eigenvalue weighted by atomic mass is 9.96. The predicted molar refractivity (Wildman–Crippen MR) is 139 cm³/mol. The molecule has 1 saturated carbocycles. The number of hydrogen-bond donors (Lipinski definition) is 1. The fourth-order valence-corrected chi connectivity index (χ4v) is 5.98. The van der Waals surface area contributed by atoms with Crippen LogP contribution in [0, 0.1) is 0 Å².